The average molecular weight is 513 g/mol. The average Bonchev–Trinajstić information content (AvgIpc) is 2.94. The molecule has 0 bridgehead atoms. The first-order chi connectivity index (χ1) is 18.0. The Kier molecular flexibility index (Phi) is 11.5. The van der Waals surface area contributed by atoms with Crippen LogP contribution in [0.2, 0.25) is 0 Å². The van der Waals surface area contributed by atoms with Crippen molar-refractivity contribution < 1.29 is 19.6 Å². The van der Waals surface area contributed by atoms with E-state index in [1.165, 1.54) is 5.48 Å². The molecule has 7 N–H and O–H groups in total. The Bertz CT molecular complexity index is 1350. The molecule has 194 valence electrons. The Morgan fingerprint density at radius 1 is 0.921 bits per heavy atom. The Labute approximate surface area is 221 Å². The first kappa shape index (κ1) is 29.1. The van der Waals surface area contributed by atoms with Crippen LogP contribution in [0.15, 0.2) is 72.9 Å². The summed E-state index contributed by atoms with van der Waals surface area (Å²) in [7, 11) is 0. The SMILES string of the molecule is C.NC[C@H](NC(=O)c1ccc(C#CC#Cc2ccc(NC(=O)CNc3ccccn3)cc2)cc1)C(=O)NO. The highest BCUT2D eigenvalue weighted by atomic mass is 16.5. The molecule has 1 atom stereocenters. The normalized spacial score (nSPS) is 10.2. The van der Waals surface area contributed by atoms with Gasteiger partial charge < -0.3 is 21.7 Å². The number of anilines is 2. The second-order valence-electron chi connectivity index (χ2n) is 7.51. The van der Waals surface area contributed by atoms with Crippen molar-refractivity contribution in [1.29, 1.82) is 0 Å². The van der Waals surface area contributed by atoms with Gasteiger partial charge in [-0.1, -0.05) is 25.3 Å². The minimum Gasteiger partial charge on any atom is -0.361 e. The Balaban J connectivity index is 0.00000507. The third kappa shape index (κ3) is 9.13. The van der Waals surface area contributed by atoms with Crippen molar-refractivity contribution in [3.8, 4) is 23.7 Å². The topological polar surface area (TPSA) is 158 Å². The standard InChI is InChI=1S/C27H24N6O4.CH4/c28-17-23(27(36)33-37)32-26(35)21-12-8-19(9-13-21)5-1-2-6-20-10-14-22(15-11-20)31-25(34)18-30-24-7-3-4-16-29-24;/h3-4,7-16,23,37H,17-18,28H2,(H,29,30)(H,31,34)(H,32,35)(H,33,36);1H4/t23-;/m0./s1. The summed E-state index contributed by atoms with van der Waals surface area (Å²) in [6.45, 7) is -0.0726. The summed E-state index contributed by atoms with van der Waals surface area (Å²) in [6, 6.07) is 17.8. The van der Waals surface area contributed by atoms with Gasteiger partial charge in [-0.3, -0.25) is 19.6 Å². The predicted octanol–water partition coefficient (Wildman–Crippen LogP) is 1.73. The summed E-state index contributed by atoms with van der Waals surface area (Å²) in [5.41, 5.74) is 9.21. The second kappa shape index (κ2) is 15.1. The summed E-state index contributed by atoms with van der Waals surface area (Å²) < 4.78 is 0. The van der Waals surface area contributed by atoms with Crippen molar-refractivity contribution in [2.75, 3.05) is 23.7 Å². The van der Waals surface area contributed by atoms with Crippen molar-refractivity contribution in [2.24, 2.45) is 5.73 Å². The van der Waals surface area contributed by atoms with Crippen molar-refractivity contribution in [2.45, 2.75) is 13.5 Å². The molecule has 0 unspecified atom stereocenters. The van der Waals surface area contributed by atoms with Crippen LogP contribution in [-0.4, -0.2) is 47.0 Å². The van der Waals surface area contributed by atoms with E-state index in [1.54, 1.807) is 66.9 Å². The molecular formula is C28H28N6O4. The van der Waals surface area contributed by atoms with Gasteiger partial charge in [-0.05, 0) is 72.5 Å². The van der Waals surface area contributed by atoms with Crippen LogP contribution in [0.1, 0.15) is 28.9 Å². The van der Waals surface area contributed by atoms with Crippen LogP contribution in [0, 0.1) is 23.7 Å². The van der Waals surface area contributed by atoms with Gasteiger partial charge in [-0.25, -0.2) is 10.5 Å². The van der Waals surface area contributed by atoms with Gasteiger partial charge in [-0.2, -0.15) is 0 Å². The number of carbonyl (C=O) groups excluding carboxylic acids is 3. The van der Waals surface area contributed by atoms with Gasteiger partial charge in [0.25, 0.3) is 11.8 Å². The third-order valence-corrected chi connectivity index (χ3v) is 4.85. The van der Waals surface area contributed by atoms with Gasteiger partial charge in [0.1, 0.15) is 11.9 Å². The number of carbonyl (C=O) groups is 3. The molecule has 10 nitrogen and oxygen atoms in total. The highest BCUT2D eigenvalue weighted by Crippen LogP contribution is 2.09. The number of pyridine rings is 1. The molecule has 0 saturated heterocycles. The fourth-order valence-electron chi connectivity index (χ4n) is 2.94. The predicted molar refractivity (Wildman–Crippen MR) is 145 cm³/mol. The maximum atomic E-state index is 12.2. The highest BCUT2D eigenvalue weighted by molar-refractivity contribution is 5.97. The zero-order valence-corrected chi connectivity index (χ0v) is 19.6. The number of hydroxylamine groups is 1. The molecule has 1 aromatic heterocycles. The number of nitrogens with one attached hydrogen (secondary N) is 4. The van der Waals surface area contributed by atoms with Crippen LogP contribution in [-0.2, 0) is 9.59 Å². The van der Waals surface area contributed by atoms with E-state index in [0.717, 1.165) is 5.56 Å². The summed E-state index contributed by atoms with van der Waals surface area (Å²) in [5, 5.41) is 16.8. The van der Waals surface area contributed by atoms with Crippen molar-refractivity contribution in [1.82, 2.24) is 15.8 Å². The van der Waals surface area contributed by atoms with E-state index < -0.39 is 17.9 Å². The van der Waals surface area contributed by atoms with Crippen LogP contribution in [0.25, 0.3) is 0 Å². The summed E-state index contributed by atoms with van der Waals surface area (Å²) in [5.74, 6) is 10.4. The molecule has 10 heteroatoms. The van der Waals surface area contributed by atoms with Crippen LogP contribution in [0.5, 0.6) is 0 Å². The number of nitrogens with two attached hydrogens (primary N) is 1. The minimum atomic E-state index is -1.05. The van der Waals surface area contributed by atoms with Crippen LogP contribution in [0.4, 0.5) is 11.5 Å². The quantitative estimate of drug-likeness (QED) is 0.152. The zero-order chi connectivity index (χ0) is 26.5. The number of rotatable bonds is 8. The molecule has 0 radical (unpaired) electrons. The molecule has 0 aliphatic heterocycles. The number of hydrogen-bond acceptors (Lipinski definition) is 7. The maximum Gasteiger partial charge on any atom is 0.267 e. The Morgan fingerprint density at radius 2 is 1.55 bits per heavy atom. The van der Waals surface area contributed by atoms with Gasteiger partial charge >= 0.3 is 0 Å². The first-order valence-electron chi connectivity index (χ1n) is 11.1. The third-order valence-electron chi connectivity index (χ3n) is 4.85. The van der Waals surface area contributed by atoms with E-state index in [0.29, 0.717) is 22.6 Å². The lowest BCUT2D eigenvalue weighted by Gasteiger charge is -2.14. The molecular weight excluding hydrogens is 484 g/mol. The molecule has 0 aliphatic carbocycles. The molecule has 1 heterocycles. The molecule has 0 spiro atoms. The molecule has 2 aromatic carbocycles. The smallest absolute Gasteiger partial charge is 0.267 e. The molecule has 0 fully saturated rings. The number of nitrogens with zero attached hydrogens (tertiary/aromatic N) is 1. The Morgan fingerprint density at radius 3 is 2.11 bits per heavy atom. The molecule has 3 aromatic rings. The first-order valence-corrected chi connectivity index (χ1v) is 11.1. The van der Waals surface area contributed by atoms with E-state index in [9.17, 15) is 14.4 Å². The van der Waals surface area contributed by atoms with E-state index in [2.05, 4.69) is 44.6 Å². The van der Waals surface area contributed by atoms with Crippen molar-refractivity contribution in [3.63, 3.8) is 0 Å². The highest BCUT2D eigenvalue weighted by Gasteiger charge is 2.19. The molecule has 38 heavy (non-hydrogen) atoms. The maximum absolute atomic E-state index is 12.2. The van der Waals surface area contributed by atoms with Gasteiger partial charge in [0.05, 0.1) is 6.54 Å². The van der Waals surface area contributed by atoms with E-state index >= 15 is 0 Å². The summed E-state index contributed by atoms with van der Waals surface area (Å²) in [6.07, 6.45) is 1.64. The van der Waals surface area contributed by atoms with E-state index in [4.69, 9.17) is 10.9 Å². The lowest BCUT2D eigenvalue weighted by atomic mass is 10.1. The van der Waals surface area contributed by atoms with Crippen LogP contribution in [0.3, 0.4) is 0 Å². The van der Waals surface area contributed by atoms with Crippen molar-refractivity contribution in [3.05, 3.63) is 89.6 Å². The fraction of sp³-hybridized carbons (Fsp3) is 0.143. The molecule has 3 amide bonds. The van der Waals surface area contributed by atoms with E-state index in [1.807, 2.05) is 6.07 Å². The largest absolute Gasteiger partial charge is 0.361 e. The van der Waals surface area contributed by atoms with E-state index in [-0.39, 0.29) is 26.4 Å². The molecule has 0 saturated carbocycles. The number of amides is 3. The van der Waals surface area contributed by atoms with Crippen molar-refractivity contribution >= 4 is 29.2 Å². The van der Waals surface area contributed by atoms with Gasteiger partial charge in [0.2, 0.25) is 5.91 Å². The Hall–Kier alpha value is -5.16. The summed E-state index contributed by atoms with van der Waals surface area (Å²) in [4.78, 5) is 39.8. The second-order valence-corrected chi connectivity index (χ2v) is 7.51. The van der Waals surface area contributed by atoms with Gasteiger partial charge in [0, 0.05) is 35.1 Å². The van der Waals surface area contributed by atoms with Crippen LogP contribution < -0.4 is 27.2 Å². The number of hydrogen-bond donors (Lipinski definition) is 6. The molecule has 3 rings (SSSR count). The molecule has 0 aliphatic rings. The van der Waals surface area contributed by atoms with Crippen LogP contribution >= 0.6 is 0 Å². The monoisotopic (exact) mass is 512 g/mol. The van der Waals surface area contributed by atoms with Gasteiger partial charge in [0.15, 0.2) is 0 Å². The van der Waals surface area contributed by atoms with Gasteiger partial charge in [-0.15, -0.1) is 0 Å². The fourth-order valence-corrected chi connectivity index (χ4v) is 2.94. The lowest BCUT2D eigenvalue weighted by molar-refractivity contribution is -0.130. The lowest BCUT2D eigenvalue weighted by Crippen LogP contribution is -2.50. The summed E-state index contributed by atoms with van der Waals surface area (Å²) >= 11 is 0. The number of aromatic nitrogens is 1. The minimum absolute atomic E-state index is 0. The zero-order valence-electron chi connectivity index (χ0n) is 19.6. The number of benzene rings is 2.